The number of nitrogens with one attached hydrogen (secondary N) is 1. The summed E-state index contributed by atoms with van der Waals surface area (Å²) in [6, 6.07) is -1.20. The fourth-order valence-corrected chi connectivity index (χ4v) is 1.60. The van der Waals surface area contributed by atoms with Gasteiger partial charge in [-0.3, -0.25) is 4.79 Å². The van der Waals surface area contributed by atoms with Crippen LogP contribution in [0.25, 0.3) is 11.6 Å². The van der Waals surface area contributed by atoms with Crippen LogP contribution in [0, 0.1) is 0 Å². The molecule has 0 aliphatic rings. The predicted molar refractivity (Wildman–Crippen MR) is 76.2 cm³/mol. The molecule has 9 heteroatoms. The topological polar surface area (TPSA) is 128 Å². The van der Waals surface area contributed by atoms with Crippen molar-refractivity contribution < 1.29 is 28.3 Å². The number of carbonyl (C=O) groups excluding carboxylic acids is 2. The second kappa shape index (κ2) is 6.61. The molecule has 0 aromatic carbocycles. The molecular weight excluding hydrogens is 306 g/mol. The Labute approximate surface area is 131 Å². The van der Waals surface area contributed by atoms with Crippen LogP contribution in [0.1, 0.15) is 31.3 Å². The summed E-state index contributed by atoms with van der Waals surface area (Å²) < 4.78 is 15.0. The van der Waals surface area contributed by atoms with Crippen molar-refractivity contribution in [2.75, 3.05) is 6.61 Å². The van der Waals surface area contributed by atoms with E-state index < -0.39 is 30.1 Å². The molecule has 0 bridgehead atoms. The molecule has 0 aliphatic carbocycles. The lowest BCUT2D eigenvalue weighted by atomic mass is 10.2. The number of aromatic nitrogens is 2. The smallest absolute Gasteiger partial charge is 0.331 e. The highest BCUT2D eigenvalue weighted by Gasteiger charge is 2.27. The zero-order chi connectivity index (χ0) is 17.0. The quantitative estimate of drug-likeness (QED) is 0.772. The zero-order valence-corrected chi connectivity index (χ0v) is 12.9. The van der Waals surface area contributed by atoms with E-state index in [4.69, 9.17) is 13.6 Å². The number of nitrogens with zero attached hydrogens (tertiary/aromatic N) is 2. The van der Waals surface area contributed by atoms with E-state index in [1.807, 2.05) is 0 Å². The Morgan fingerprint density at radius 3 is 2.70 bits per heavy atom. The Morgan fingerprint density at radius 1 is 1.39 bits per heavy atom. The van der Waals surface area contributed by atoms with Crippen molar-refractivity contribution in [1.82, 2.24) is 15.3 Å². The van der Waals surface area contributed by atoms with Crippen LogP contribution in [-0.2, 0) is 9.53 Å². The molecular formula is C14H17N3O6. The fraction of sp³-hybridized carbons (Fsp3) is 0.429. The zero-order valence-electron chi connectivity index (χ0n) is 12.9. The standard InChI is InChI=1S/C14H17N3O6/c1-14(2,3)23-13(20)8(4-18)16-11(19)9-6-22-12(17-9)10-5-21-7-15-10/h5-8,18H,4H2,1-3H3,(H,16,19). The van der Waals surface area contributed by atoms with Crippen molar-refractivity contribution in [2.24, 2.45) is 0 Å². The fourth-order valence-electron chi connectivity index (χ4n) is 1.60. The highest BCUT2D eigenvalue weighted by molar-refractivity contribution is 5.95. The van der Waals surface area contributed by atoms with E-state index in [1.165, 1.54) is 12.7 Å². The van der Waals surface area contributed by atoms with Gasteiger partial charge in [-0.25, -0.2) is 14.8 Å². The molecule has 0 radical (unpaired) electrons. The number of esters is 1. The Kier molecular flexibility index (Phi) is 4.80. The number of amides is 1. The lowest BCUT2D eigenvalue weighted by Crippen LogP contribution is -2.46. The maximum absolute atomic E-state index is 12.1. The van der Waals surface area contributed by atoms with Gasteiger partial charge in [-0.1, -0.05) is 0 Å². The molecule has 1 amide bonds. The van der Waals surface area contributed by atoms with Crippen LogP contribution in [0.3, 0.4) is 0 Å². The van der Waals surface area contributed by atoms with Crippen molar-refractivity contribution in [3.63, 3.8) is 0 Å². The summed E-state index contributed by atoms with van der Waals surface area (Å²) in [5.74, 6) is -1.33. The molecule has 0 saturated heterocycles. The lowest BCUT2D eigenvalue weighted by molar-refractivity contribution is -0.158. The first kappa shape index (κ1) is 16.7. The maximum Gasteiger partial charge on any atom is 0.331 e. The van der Waals surface area contributed by atoms with Crippen LogP contribution in [0.15, 0.2) is 27.8 Å². The van der Waals surface area contributed by atoms with Crippen LogP contribution in [-0.4, -0.2) is 45.2 Å². The number of hydrogen-bond donors (Lipinski definition) is 2. The van der Waals surface area contributed by atoms with Crippen molar-refractivity contribution in [3.05, 3.63) is 24.6 Å². The van der Waals surface area contributed by atoms with Crippen molar-refractivity contribution in [1.29, 1.82) is 0 Å². The molecule has 0 saturated carbocycles. The second-order valence-electron chi connectivity index (χ2n) is 5.65. The van der Waals surface area contributed by atoms with Crippen molar-refractivity contribution in [3.8, 4) is 11.6 Å². The van der Waals surface area contributed by atoms with Gasteiger partial charge in [-0.2, -0.15) is 0 Å². The van der Waals surface area contributed by atoms with Gasteiger partial charge in [0.05, 0.1) is 6.61 Å². The number of rotatable bonds is 5. The normalized spacial score (nSPS) is 12.7. The van der Waals surface area contributed by atoms with Crippen LogP contribution in [0.4, 0.5) is 0 Å². The first-order valence-corrected chi connectivity index (χ1v) is 6.79. The molecule has 0 aliphatic heterocycles. The third kappa shape index (κ3) is 4.39. The molecule has 124 valence electrons. The van der Waals surface area contributed by atoms with E-state index in [2.05, 4.69) is 15.3 Å². The molecule has 2 N–H and O–H groups in total. The average Bonchev–Trinajstić information content (AvgIpc) is 3.12. The van der Waals surface area contributed by atoms with Gasteiger partial charge in [0.25, 0.3) is 5.91 Å². The monoisotopic (exact) mass is 323 g/mol. The number of aliphatic hydroxyl groups excluding tert-OH is 1. The van der Waals surface area contributed by atoms with Crippen LogP contribution in [0.5, 0.6) is 0 Å². The molecule has 2 rings (SSSR count). The van der Waals surface area contributed by atoms with Gasteiger partial charge < -0.3 is 24.0 Å². The summed E-state index contributed by atoms with van der Waals surface area (Å²) >= 11 is 0. The molecule has 0 fully saturated rings. The lowest BCUT2D eigenvalue weighted by Gasteiger charge is -2.23. The Bertz CT molecular complexity index is 671. The molecule has 1 atom stereocenters. The van der Waals surface area contributed by atoms with Gasteiger partial charge in [-0.05, 0) is 20.8 Å². The highest BCUT2D eigenvalue weighted by Crippen LogP contribution is 2.16. The van der Waals surface area contributed by atoms with Gasteiger partial charge in [0, 0.05) is 0 Å². The summed E-state index contributed by atoms with van der Waals surface area (Å²) in [5.41, 5.74) is -0.469. The van der Waals surface area contributed by atoms with E-state index in [0.717, 1.165) is 6.26 Å². The first-order valence-electron chi connectivity index (χ1n) is 6.79. The summed E-state index contributed by atoms with van der Waals surface area (Å²) in [6.07, 6.45) is 3.62. The largest absolute Gasteiger partial charge is 0.458 e. The Hall–Kier alpha value is -2.68. The summed E-state index contributed by atoms with van der Waals surface area (Å²) in [7, 11) is 0. The van der Waals surface area contributed by atoms with E-state index in [1.54, 1.807) is 20.8 Å². The number of aliphatic hydroxyl groups is 1. The predicted octanol–water partition coefficient (Wildman–Crippen LogP) is 0.762. The summed E-state index contributed by atoms with van der Waals surface area (Å²) in [6.45, 7) is 4.45. The molecule has 2 aromatic heterocycles. The minimum absolute atomic E-state index is 0.0648. The summed E-state index contributed by atoms with van der Waals surface area (Å²) in [4.78, 5) is 31.7. The molecule has 1 unspecified atom stereocenters. The third-order valence-electron chi connectivity index (χ3n) is 2.57. The number of carbonyl (C=O) groups is 2. The number of oxazole rings is 2. The second-order valence-corrected chi connectivity index (χ2v) is 5.65. The van der Waals surface area contributed by atoms with Crippen molar-refractivity contribution in [2.45, 2.75) is 32.4 Å². The highest BCUT2D eigenvalue weighted by atomic mass is 16.6. The maximum atomic E-state index is 12.1. The molecule has 23 heavy (non-hydrogen) atoms. The van der Waals surface area contributed by atoms with E-state index >= 15 is 0 Å². The average molecular weight is 323 g/mol. The van der Waals surface area contributed by atoms with Gasteiger partial charge in [0.1, 0.15) is 18.1 Å². The van der Waals surface area contributed by atoms with E-state index in [-0.39, 0.29) is 11.6 Å². The SMILES string of the molecule is CC(C)(C)OC(=O)C(CO)NC(=O)c1coc(-c2cocn2)n1. The number of ether oxygens (including phenoxy) is 1. The minimum Gasteiger partial charge on any atom is -0.458 e. The molecule has 2 heterocycles. The minimum atomic E-state index is -1.20. The van der Waals surface area contributed by atoms with Crippen LogP contribution < -0.4 is 5.32 Å². The van der Waals surface area contributed by atoms with E-state index in [9.17, 15) is 14.7 Å². The van der Waals surface area contributed by atoms with E-state index in [0.29, 0.717) is 5.69 Å². The van der Waals surface area contributed by atoms with Crippen LogP contribution >= 0.6 is 0 Å². The Balaban J connectivity index is 2.04. The van der Waals surface area contributed by atoms with Gasteiger partial charge in [-0.15, -0.1) is 0 Å². The third-order valence-corrected chi connectivity index (χ3v) is 2.57. The van der Waals surface area contributed by atoms with Gasteiger partial charge in [0.2, 0.25) is 5.89 Å². The molecule has 9 nitrogen and oxygen atoms in total. The van der Waals surface area contributed by atoms with Gasteiger partial charge in [0.15, 0.2) is 23.8 Å². The Morgan fingerprint density at radius 2 is 2.13 bits per heavy atom. The van der Waals surface area contributed by atoms with Gasteiger partial charge >= 0.3 is 5.97 Å². The first-order chi connectivity index (χ1) is 10.8. The number of hydrogen-bond acceptors (Lipinski definition) is 8. The van der Waals surface area contributed by atoms with Crippen LogP contribution in [0.2, 0.25) is 0 Å². The summed E-state index contributed by atoms with van der Waals surface area (Å²) in [5, 5.41) is 11.6. The molecule has 2 aromatic rings. The molecule has 0 spiro atoms. The van der Waals surface area contributed by atoms with Crippen molar-refractivity contribution >= 4 is 11.9 Å².